The molecule has 9 heteroatoms. The molecule has 0 bridgehead atoms. The highest BCUT2D eigenvalue weighted by molar-refractivity contribution is 5.83. The van der Waals surface area contributed by atoms with Gasteiger partial charge in [-0.15, -0.1) is 0 Å². The van der Waals surface area contributed by atoms with Crippen molar-refractivity contribution in [1.29, 1.82) is 0 Å². The number of hydrogen-bond acceptors (Lipinski definition) is 5. The first kappa shape index (κ1) is 21.1. The largest absolute Gasteiger partial charge is 0.471 e. The van der Waals surface area contributed by atoms with E-state index in [1.807, 2.05) is 35.2 Å². The third-order valence-electron chi connectivity index (χ3n) is 6.39. The number of esters is 1. The summed E-state index contributed by atoms with van der Waals surface area (Å²) in [7, 11) is 0. The van der Waals surface area contributed by atoms with Gasteiger partial charge in [-0.05, 0) is 24.8 Å². The maximum absolute atomic E-state index is 13.4. The number of piperidine rings is 1. The van der Waals surface area contributed by atoms with Crippen molar-refractivity contribution in [2.75, 3.05) is 26.2 Å². The second-order valence-corrected chi connectivity index (χ2v) is 8.39. The zero-order valence-corrected chi connectivity index (χ0v) is 16.8. The van der Waals surface area contributed by atoms with E-state index in [1.165, 1.54) is 6.92 Å². The van der Waals surface area contributed by atoms with Crippen LogP contribution in [0, 0.1) is 0 Å². The first-order valence-electron chi connectivity index (χ1n) is 10.3. The van der Waals surface area contributed by atoms with Crippen molar-refractivity contribution in [2.24, 2.45) is 0 Å². The summed E-state index contributed by atoms with van der Waals surface area (Å²) in [5.74, 6) is -2.18. The highest BCUT2D eigenvalue weighted by Gasteiger charge is 2.55. The Balaban J connectivity index is 1.46. The molecule has 0 radical (unpaired) electrons. The Kier molecular flexibility index (Phi) is 5.52. The molecular formula is C21H26F3N3O3. The van der Waals surface area contributed by atoms with Gasteiger partial charge in [-0.2, -0.15) is 13.2 Å². The fourth-order valence-electron chi connectivity index (χ4n) is 4.80. The Morgan fingerprint density at radius 3 is 2.30 bits per heavy atom. The molecule has 0 unspecified atom stereocenters. The summed E-state index contributed by atoms with van der Waals surface area (Å²) in [6, 6.07) is 8.48. The van der Waals surface area contributed by atoms with Gasteiger partial charge in [0.05, 0.1) is 13.1 Å². The Labute approximate surface area is 173 Å². The van der Waals surface area contributed by atoms with Gasteiger partial charge in [0.1, 0.15) is 0 Å². The number of alkyl halides is 3. The van der Waals surface area contributed by atoms with Gasteiger partial charge in [0.2, 0.25) is 0 Å². The number of halogens is 3. The van der Waals surface area contributed by atoms with Crippen molar-refractivity contribution in [1.82, 2.24) is 15.1 Å². The van der Waals surface area contributed by atoms with Crippen LogP contribution in [-0.2, 0) is 14.3 Å². The average molecular weight is 425 g/mol. The van der Waals surface area contributed by atoms with Crippen molar-refractivity contribution in [3.8, 4) is 0 Å². The fraction of sp³-hybridized carbons (Fsp3) is 0.619. The molecule has 0 aromatic heterocycles. The van der Waals surface area contributed by atoms with Crippen LogP contribution in [0.1, 0.15) is 37.7 Å². The molecular weight excluding hydrogens is 399 g/mol. The van der Waals surface area contributed by atoms with Crippen LogP contribution < -0.4 is 5.32 Å². The lowest BCUT2D eigenvalue weighted by molar-refractivity contribution is -0.204. The molecule has 0 spiro atoms. The van der Waals surface area contributed by atoms with Crippen LogP contribution in [0.5, 0.6) is 0 Å². The predicted molar refractivity (Wildman–Crippen MR) is 102 cm³/mol. The third kappa shape index (κ3) is 4.05. The fourth-order valence-corrected chi connectivity index (χ4v) is 4.80. The van der Waals surface area contributed by atoms with Crippen LogP contribution in [0.15, 0.2) is 30.3 Å². The first-order chi connectivity index (χ1) is 14.2. The molecule has 164 valence electrons. The lowest BCUT2D eigenvalue weighted by Gasteiger charge is -2.52. The highest BCUT2D eigenvalue weighted by atomic mass is 19.4. The number of nitrogens with one attached hydrogen (secondary N) is 1. The number of ether oxygens (including phenoxy) is 1. The Bertz CT molecular complexity index is 790. The topological polar surface area (TPSA) is 61.9 Å². The van der Waals surface area contributed by atoms with Gasteiger partial charge in [0.25, 0.3) is 0 Å². The van der Waals surface area contributed by atoms with E-state index >= 15 is 0 Å². The molecule has 1 aliphatic carbocycles. The Morgan fingerprint density at radius 2 is 1.80 bits per heavy atom. The molecule has 1 N–H and O–H groups in total. The lowest BCUT2D eigenvalue weighted by atomic mass is 9.96. The molecule has 1 amide bonds. The van der Waals surface area contributed by atoms with Crippen molar-refractivity contribution >= 4 is 11.9 Å². The van der Waals surface area contributed by atoms with Crippen molar-refractivity contribution < 1.29 is 27.5 Å². The lowest BCUT2D eigenvalue weighted by Crippen LogP contribution is -2.72. The van der Waals surface area contributed by atoms with Gasteiger partial charge in [-0.3, -0.25) is 14.5 Å². The number of amides is 1. The maximum atomic E-state index is 13.4. The number of carbonyl (C=O) groups excluding carboxylic acids is 2. The Morgan fingerprint density at radius 1 is 1.17 bits per heavy atom. The smallest absolute Gasteiger partial charge is 0.441 e. The number of carbonyl (C=O) groups is 2. The number of nitrogens with zero attached hydrogens (tertiary/aromatic N) is 2. The van der Waals surface area contributed by atoms with E-state index in [4.69, 9.17) is 4.74 Å². The van der Waals surface area contributed by atoms with Crippen molar-refractivity contribution in [3.05, 3.63) is 35.9 Å². The molecule has 1 saturated carbocycles. The van der Waals surface area contributed by atoms with Crippen molar-refractivity contribution in [2.45, 2.75) is 56.1 Å². The monoisotopic (exact) mass is 425 g/mol. The summed E-state index contributed by atoms with van der Waals surface area (Å²) in [6.45, 7) is 3.31. The molecule has 30 heavy (non-hydrogen) atoms. The van der Waals surface area contributed by atoms with E-state index in [1.54, 1.807) is 0 Å². The van der Waals surface area contributed by atoms with E-state index in [0.717, 1.165) is 10.5 Å². The summed E-state index contributed by atoms with van der Waals surface area (Å²) >= 11 is 0. The average Bonchev–Trinajstić information content (AvgIpc) is 3.46. The van der Waals surface area contributed by atoms with E-state index < -0.39 is 29.9 Å². The van der Waals surface area contributed by atoms with Crippen LogP contribution in [0.25, 0.3) is 0 Å². The standard InChI is InChI=1S/C21H26F3N3O3/c1-14(28)30-20(12-25-13-20)26-9-7-16(8-10-26)27(19(29)21(22,23)24)18-11-17(18)15-5-3-2-4-6-15/h2-6,16-18,25H,7-13H2,1H3/t17-,18+/m0/s1. The van der Waals surface area contributed by atoms with E-state index in [2.05, 4.69) is 5.32 Å². The van der Waals surface area contributed by atoms with Gasteiger partial charge in [0.15, 0.2) is 5.72 Å². The minimum absolute atomic E-state index is 0.0567. The molecule has 6 nitrogen and oxygen atoms in total. The molecule has 3 fully saturated rings. The van der Waals surface area contributed by atoms with E-state index in [-0.39, 0.29) is 11.9 Å². The summed E-state index contributed by atoms with van der Waals surface area (Å²) in [6.07, 6.45) is -3.50. The molecule has 2 heterocycles. The van der Waals surface area contributed by atoms with Crippen molar-refractivity contribution in [3.63, 3.8) is 0 Å². The first-order valence-corrected chi connectivity index (χ1v) is 10.3. The molecule has 2 atom stereocenters. The number of benzene rings is 1. The normalized spacial score (nSPS) is 26.5. The SMILES string of the molecule is CC(=O)OC1(N2CCC(N(C(=O)C(F)(F)F)[C@@H]3C[C@H]3c3ccccc3)CC2)CNC1. The molecule has 4 rings (SSSR count). The van der Waals surface area contributed by atoms with Crippen LogP contribution in [0.3, 0.4) is 0 Å². The Hall–Kier alpha value is -2.13. The van der Waals surface area contributed by atoms with Gasteiger partial charge >= 0.3 is 18.1 Å². The van der Waals surface area contributed by atoms with Crippen LogP contribution in [-0.4, -0.2) is 71.8 Å². The van der Waals surface area contributed by atoms with E-state index in [9.17, 15) is 22.8 Å². The number of rotatable bonds is 5. The predicted octanol–water partition coefficient (Wildman–Crippen LogP) is 2.26. The van der Waals surface area contributed by atoms with Gasteiger partial charge in [0, 0.05) is 38.0 Å². The number of likely N-dealkylation sites (tertiary alicyclic amines) is 1. The second-order valence-electron chi connectivity index (χ2n) is 8.39. The molecule has 3 aliphatic rings. The minimum Gasteiger partial charge on any atom is -0.441 e. The van der Waals surface area contributed by atoms with Gasteiger partial charge < -0.3 is 15.0 Å². The summed E-state index contributed by atoms with van der Waals surface area (Å²) in [5, 5.41) is 3.10. The quantitative estimate of drug-likeness (QED) is 0.734. The van der Waals surface area contributed by atoms with Crippen LogP contribution >= 0.6 is 0 Å². The van der Waals surface area contributed by atoms with Gasteiger partial charge in [-0.1, -0.05) is 30.3 Å². The maximum Gasteiger partial charge on any atom is 0.471 e. The summed E-state index contributed by atoms with van der Waals surface area (Å²) in [4.78, 5) is 26.9. The second kappa shape index (κ2) is 7.85. The zero-order chi connectivity index (χ0) is 21.5. The highest BCUT2D eigenvalue weighted by Crippen LogP contribution is 2.47. The van der Waals surface area contributed by atoms with Crippen LogP contribution in [0.4, 0.5) is 13.2 Å². The molecule has 2 saturated heterocycles. The summed E-state index contributed by atoms with van der Waals surface area (Å²) < 4.78 is 45.6. The summed E-state index contributed by atoms with van der Waals surface area (Å²) in [5.41, 5.74) is 0.246. The van der Waals surface area contributed by atoms with Crippen LogP contribution in [0.2, 0.25) is 0 Å². The molecule has 2 aliphatic heterocycles. The van der Waals surface area contributed by atoms with Gasteiger partial charge in [-0.25, -0.2) is 0 Å². The van der Waals surface area contributed by atoms with E-state index in [0.29, 0.717) is 45.4 Å². The number of hydrogen-bond donors (Lipinski definition) is 1. The molecule has 1 aromatic carbocycles. The zero-order valence-electron chi connectivity index (χ0n) is 16.8. The third-order valence-corrected chi connectivity index (χ3v) is 6.39. The molecule has 1 aromatic rings. The minimum atomic E-state index is -4.89.